The largest absolute Gasteiger partial charge is 0.465 e. The van der Waals surface area contributed by atoms with Crippen molar-refractivity contribution in [2.75, 3.05) is 43.4 Å². The van der Waals surface area contributed by atoms with E-state index in [1.54, 1.807) is 17.2 Å². The van der Waals surface area contributed by atoms with Gasteiger partial charge in [0.1, 0.15) is 5.65 Å². The molecule has 2 aromatic heterocycles. The molecule has 2 N–H and O–H groups in total. The van der Waals surface area contributed by atoms with Gasteiger partial charge in [-0.1, -0.05) is 29.8 Å². The Labute approximate surface area is 287 Å². The molecule has 2 fully saturated rings. The zero-order valence-electron chi connectivity index (χ0n) is 28.8. The van der Waals surface area contributed by atoms with Crippen molar-refractivity contribution in [3.8, 4) is 11.1 Å². The number of aromatic nitrogens is 3. The van der Waals surface area contributed by atoms with Crippen LogP contribution in [0.1, 0.15) is 63.6 Å². The second kappa shape index (κ2) is 13.4. The summed E-state index contributed by atoms with van der Waals surface area (Å²) in [6.45, 7) is 13.9. The molecular weight excluding hydrogens is 626 g/mol. The molecule has 254 valence electrons. The van der Waals surface area contributed by atoms with E-state index in [-0.39, 0.29) is 17.6 Å². The van der Waals surface area contributed by atoms with Crippen LogP contribution in [0, 0.1) is 13.8 Å². The number of rotatable bonds is 6. The van der Waals surface area contributed by atoms with Crippen LogP contribution >= 0.6 is 11.6 Å². The van der Waals surface area contributed by atoms with Crippen molar-refractivity contribution in [2.45, 2.75) is 77.9 Å². The summed E-state index contributed by atoms with van der Waals surface area (Å²) in [6.07, 6.45) is 3.45. The summed E-state index contributed by atoms with van der Waals surface area (Å²) >= 11 is 6.66. The molecule has 48 heavy (non-hydrogen) atoms. The Bertz CT molecular complexity index is 1890. The predicted octanol–water partition coefficient (Wildman–Crippen LogP) is 7.49. The molecule has 1 aliphatic carbocycles. The van der Waals surface area contributed by atoms with Gasteiger partial charge in [-0.05, 0) is 103 Å². The van der Waals surface area contributed by atoms with Crippen molar-refractivity contribution in [1.82, 2.24) is 24.3 Å². The SMILES string of the molecule is Cc1cc(Nc2ncc3c(C)c(-c4ccccc4Cl)c(=O)n(C4CCC(N(C(=O)O)C(C)(C)C)CC4)c3n2)ccc1N1CCN(C)CC1. The van der Waals surface area contributed by atoms with E-state index in [0.29, 0.717) is 53.4 Å². The first kappa shape index (κ1) is 33.7. The Morgan fingerprint density at radius 1 is 1.02 bits per heavy atom. The van der Waals surface area contributed by atoms with Crippen LogP contribution in [0.25, 0.3) is 22.2 Å². The summed E-state index contributed by atoms with van der Waals surface area (Å²) in [5.41, 5.74) is 5.15. The number of anilines is 3. The number of nitrogens with one attached hydrogen (secondary N) is 1. The molecule has 3 heterocycles. The van der Waals surface area contributed by atoms with Gasteiger partial charge in [0.2, 0.25) is 5.95 Å². The van der Waals surface area contributed by atoms with Crippen molar-refractivity contribution >= 4 is 46.1 Å². The summed E-state index contributed by atoms with van der Waals surface area (Å²) in [6, 6.07) is 13.4. The summed E-state index contributed by atoms with van der Waals surface area (Å²) in [5.74, 6) is 0.408. The van der Waals surface area contributed by atoms with Gasteiger partial charge in [-0.2, -0.15) is 4.98 Å². The lowest BCUT2D eigenvalue weighted by Gasteiger charge is -2.43. The van der Waals surface area contributed by atoms with Gasteiger partial charge in [-0.15, -0.1) is 0 Å². The number of amides is 1. The van der Waals surface area contributed by atoms with Crippen LogP contribution in [0.3, 0.4) is 0 Å². The number of hydrogen-bond donors (Lipinski definition) is 2. The molecule has 0 spiro atoms. The summed E-state index contributed by atoms with van der Waals surface area (Å²) in [7, 11) is 2.16. The van der Waals surface area contributed by atoms with Crippen molar-refractivity contribution in [3.05, 3.63) is 75.2 Å². The van der Waals surface area contributed by atoms with Gasteiger partial charge in [0.05, 0.1) is 5.56 Å². The van der Waals surface area contributed by atoms with Crippen LogP contribution in [-0.4, -0.2) is 80.3 Å². The molecule has 0 radical (unpaired) electrons. The fraction of sp³-hybridized carbons (Fsp3) is 0.459. The molecule has 1 saturated heterocycles. The maximum Gasteiger partial charge on any atom is 0.407 e. The summed E-state index contributed by atoms with van der Waals surface area (Å²) in [4.78, 5) is 42.9. The number of hydrogen-bond acceptors (Lipinski definition) is 7. The topological polar surface area (TPSA) is 107 Å². The molecule has 11 heteroatoms. The zero-order chi connectivity index (χ0) is 34.3. The zero-order valence-corrected chi connectivity index (χ0v) is 29.5. The molecule has 2 aromatic carbocycles. The Kier molecular flexibility index (Phi) is 9.42. The Morgan fingerprint density at radius 3 is 2.33 bits per heavy atom. The van der Waals surface area contributed by atoms with E-state index in [0.717, 1.165) is 42.8 Å². The molecule has 10 nitrogen and oxygen atoms in total. The van der Waals surface area contributed by atoms with Crippen LogP contribution < -0.4 is 15.8 Å². The number of piperazine rings is 1. The first-order valence-corrected chi connectivity index (χ1v) is 17.2. The van der Waals surface area contributed by atoms with Gasteiger partial charge in [0, 0.05) is 77.3 Å². The van der Waals surface area contributed by atoms with Gasteiger partial charge >= 0.3 is 6.09 Å². The van der Waals surface area contributed by atoms with Gasteiger partial charge in [-0.3, -0.25) is 9.36 Å². The molecular formula is C37H46ClN7O3. The van der Waals surface area contributed by atoms with Gasteiger partial charge in [0.15, 0.2) is 0 Å². The molecule has 1 aliphatic heterocycles. The highest BCUT2D eigenvalue weighted by Gasteiger charge is 2.37. The van der Waals surface area contributed by atoms with E-state index >= 15 is 0 Å². The molecule has 4 aromatic rings. The summed E-state index contributed by atoms with van der Waals surface area (Å²) < 4.78 is 1.81. The van der Waals surface area contributed by atoms with Crippen LogP contribution in [-0.2, 0) is 0 Å². The fourth-order valence-electron chi connectivity index (χ4n) is 7.54. The minimum Gasteiger partial charge on any atom is -0.465 e. The third-order valence-electron chi connectivity index (χ3n) is 9.97. The first-order valence-electron chi connectivity index (χ1n) is 16.8. The van der Waals surface area contributed by atoms with E-state index in [1.807, 2.05) is 50.5 Å². The van der Waals surface area contributed by atoms with Gasteiger partial charge in [-0.25, -0.2) is 9.78 Å². The van der Waals surface area contributed by atoms with E-state index in [4.69, 9.17) is 21.6 Å². The highest BCUT2D eigenvalue weighted by Crippen LogP contribution is 2.37. The van der Waals surface area contributed by atoms with Crippen molar-refractivity contribution in [1.29, 1.82) is 0 Å². The average Bonchev–Trinajstić information content (AvgIpc) is 3.02. The Morgan fingerprint density at radius 2 is 1.71 bits per heavy atom. The number of likely N-dealkylation sites (N-methyl/N-ethyl adjacent to an activating group) is 1. The summed E-state index contributed by atoms with van der Waals surface area (Å²) in [5, 5.41) is 14.7. The second-order valence-electron chi connectivity index (χ2n) is 14.3. The van der Waals surface area contributed by atoms with Crippen LogP contribution in [0.15, 0.2) is 53.5 Å². The number of benzene rings is 2. The molecule has 0 bridgehead atoms. The monoisotopic (exact) mass is 671 g/mol. The number of aryl methyl sites for hydroxylation is 2. The van der Waals surface area contributed by atoms with Crippen LogP contribution in [0.2, 0.25) is 5.02 Å². The van der Waals surface area contributed by atoms with Crippen molar-refractivity contribution < 1.29 is 9.90 Å². The predicted molar refractivity (Wildman–Crippen MR) is 194 cm³/mol. The molecule has 2 aliphatic rings. The van der Waals surface area contributed by atoms with Crippen molar-refractivity contribution in [2.24, 2.45) is 0 Å². The maximum atomic E-state index is 14.6. The quantitative estimate of drug-likeness (QED) is 0.217. The molecule has 1 amide bonds. The van der Waals surface area contributed by atoms with Crippen molar-refractivity contribution in [3.63, 3.8) is 0 Å². The highest BCUT2D eigenvalue weighted by atomic mass is 35.5. The van der Waals surface area contributed by atoms with E-state index in [1.165, 1.54) is 11.3 Å². The minimum atomic E-state index is -0.917. The Balaban J connectivity index is 1.38. The van der Waals surface area contributed by atoms with Gasteiger partial charge < -0.3 is 25.1 Å². The normalized spacial score (nSPS) is 19.0. The highest BCUT2D eigenvalue weighted by molar-refractivity contribution is 6.33. The third kappa shape index (κ3) is 6.60. The lowest BCUT2D eigenvalue weighted by molar-refractivity contribution is 0.0512. The number of nitrogens with zero attached hydrogens (tertiary/aromatic N) is 6. The number of fused-ring (bicyclic) bond motifs is 1. The second-order valence-corrected chi connectivity index (χ2v) is 14.7. The molecule has 0 unspecified atom stereocenters. The maximum absolute atomic E-state index is 14.6. The number of carboxylic acid groups (broad SMARTS) is 1. The standard InChI is InChI=1S/C37H46ClN7O3/c1-23-21-25(11-16-31(23)43-19-17-42(6)18-20-43)40-35-39-22-29-24(2)32(28-9-7-8-10-30(28)38)34(46)44(33(29)41-35)26-12-14-27(15-13-26)45(36(47)48)37(3,4)5/h7-11,16,21-22,26-27H,12-15,17-20H2,1-6H3,(H,47,48)(H,39,40,41). The van der Waals surface area contributed by atoms with Gasteiger partial charge in [0.25, 0.3) is 5.56 Å². The Hall–Kier alpha value is -4.15. The molecule has 0 atom stereocenters. The third-order valence-corrected chi connectivity index (χ3v) is 10.3. The minimum absolute atomic E-state index is 0.127. The first-order chi connectivity index (χ1) is 22.8. The van der Waals surface area contributed by atoms with Crippen LogP contribution in [0.5, 0.6) is 0 Å². The molecule has 1 saturated carbocycles. The number of halogens is 1. The fourth-order valence-corrected chi connectivity index (χ4v) is 7.77. The van der Waals surface area contributed by atoms with Crippen LogP contribution in [0.4, 0.5) is 22.1 Å². The smallest absolute Gasteiger partial charge is 0.407 e. The number of pyridine rings is 1. The number of carbonyl (C=O) groups is 1. The lowest BCUT2D eigenvalue weighted by atomic mass is 9.87. The van der Waals surface area contributed by atoms with E-state index in [9.17, 15) is 14.7 Å². The average molecular weight is 672 g/mol. The molecule has 6 rings (SSSR count). The van der Waals surface area contributed by atoms with E-state index in [2.05, 4.69) is 47.3 Å². The van der Waals surface area contributed by atoms with E-state index < -0.39 is 11.6 Å². The lowest BCUT2D eigenvalue weighted by Crippen LogP contribution is -2.52.